The van der Waals surface area contributed by atoms with Gasteiger partial charge in [-0.2, -0.15) is 0 Å². The van der Waals surface area contributed by atoms with Crippen LogP contribution in [0.25, 0.3) is 0 Å². The number of hydrogen-bond donors (Lipinski definition) is 1. The van der Waals surface area contributed by atoms with Gasteiger partial charge in [-0.15, -0.1) is 0 Å². The van der Waals surface area contributed by atoms with Crippen LogP contribution < -0.4 is 15.0 Å². The molecule has 1 atom stereocenters. The summed E-state index contributed by atoms with van der Waals surface area (Å²) in [5.74, 6) is 2.11. The van der Waals surface area contributed by atoms with Crippen molar-refractivity contribution < 1.29 is 9.53 Å². The first-order valence-corrected chi connectivity index (χ1v) is 10.8. The van der Waals surface area contributed by atoms with Crippen molar-refractivity contribution in [3.8, 4) is 5.75 Å². The van der Waals surface area contributed by atoms with E-state index in [0.717, 1.165) is 55.4 Å². The highest BCUT2D eigenvalue weighted by molar-refractivity contribution is 5.77. The number of nitrogens with zero attached hydrogens (tertiary/aromatic N) is 3. The van der Waals surface area contributed by atoms with E-state index in [2.05, 4.69) is 59.1 Å². The molecule has 2 aromatic rings. The fourth-order valence-electron chi connectivity index (χ4n) is 3.84. The number of pyridine rings is 1. The lowest BCUT2D eigenvalue weighted by atomic mass is 10.0. The first-order valence-electron chi connectivity index (χ1n) is 10.8. The molecule has 3 rings (SSSR count). The maximum absolute atomic E-state index is 12.4. The molecule has 1 aromatic carbocycles. The summed E-state index contributed by atoms with van der Waals surface area (Å²) >= 11 is 0. The third-order valence-electron chi connectivity index (χ3n) is 5.43. The molecule has 6 heteroatoms. The predicted molar refractivity (Wildman–Crippen MR) is 121 cm³/mol. The minimum atomic E-state index is -0.0779. The van der Waals surface area contributed by atoms with E-state index in [1.807, 2.05) is 31.3 Å². The zero-order chi connectivity index (χ0) is 21.5. The SMILES string of the molecule is Cc1ccc(C(C)C)c(OCC(=O)NC(C)CN2CCN(c3ccccn3)CC2)c1. The van der Waals surface area contributed by atoms with Gasteiger partial charge in [0.25, 0.3) is 5.91 Å². The summed E-state index contributed by atoms with van der Waals surface area (Å²) in [7, 11) is 0. The molecular weight excluding hydrogens is 376 g/mol. The molecule has 0 spiro atoms. The maximum atomic E-state index is 12.4. The molecule has 30 heavy (non-hydrogen) atoms. The van der Waals surface area contributed by atoms with E-state index in [0.29, 0.717) is 5.92 Å². The number of carbonyl (C=O) groups is 1. The molecule has 0 saturated carbocycles. The van der Waals surface area contributed by atoms with Gasteiger partial charge in [-0.25, -0.2) is 4.98 Å². The molecule has 6 nitrogen and oxygen atoms in total. The number of rotatable bonds is 8. The summed E-state index contributed by atoms with van der Waals surface area (Å²) in [5.41, 5.74) is 2.26. The fourth-order valence-corrected chi connectivity index (χ4v) is 3.84. The minimum absolute atomic E-state index is 0.0426. The molecular formula is C24H34N4O2. The molecule has 0 bridgehead atoms. The van der Waals surface area contributed by atoms with Crippen molar-refractivity contribution in [2.24, 2.45) is 0 Å². The lowest BCUT2D eigenvalue weighted by Gasteiger charge is -2.36. The number of amides is 1. The van der Waals surface area contributed by atoms with E-state index in [4.69, 9.17) is 4.74 Å². The van der Waals surface area contributed by atoms with E-state index >= 15 is 0 Å². The van der Waals surface area contributed by atoms with Crippen LogP contribution in [-0.4, -0.2) is 61.2 Å². The van der Waals surface area contributed by atoms with Crippen LogP contribution in [0.1, 0.15) is 37.8 Å². The Morgan fingerprint density at radius 3 is 2.57 bits per heavy atom. The Morgan fingerprint density at radius 2 is 1.90 bits per heavy atom. The Morgan fingerprint density at radius 1 is 1.13 bits per heavy atom. The van der Waals surface area contributed by atoms with Crippen LogP contribution in [0.15, 0.2) is 42.6 Å². The van der Waals surface area contributed by atoms with Gasteiger partial charge < -0.3 is 15.0 Å². The van der Waals surface area contributed by atoms with Crippen molar-refractivity contribution in [3.05, 3.63) is 53.7 Å². The predicted octanol–water partition coefficient (Wildman–Crippen LogP) is 3.22. The van der Waals surface area contributed by atoms with Gasteiger partial charge in [0.05, 0.1) is 0 Å². The number of carbonyl (C=O) groups excluding carboxylic acids is 1. The highest BCUT2D eigenvalue weighted by Crippen LogP contribution is 2.27. The quantitative estimate of drug-likeness (QED) is 0.724. The highest BCUT2D eigenvalue weighted by Gasteiger charge is 2.20. The molecule has 1 saturated heterocycles. The van der Waals surface area contributed by atoms with E-state index < -0.39 is 0 Å². The Balaban J connectivity index is 1.42. The second-order valence-electron chi connectivity index (χ2n) is 8.43. The normalized spacial score (nSPS) is 15.8. The molecule has 1 fully saturated rings. The lowest BCUT2D eigenvalue weighted by Crippen LogP contribution is -2.51. The molecule has 0 aliphatic carbocycles. The molecule has 1 aliphatic heterocycles. The van der Waals surface area contributed by atoms with Crippen LogP contribution in [0.3, 0.4) is 0 Å². The van der Waals surface area contributed by atoms with Crippen LogP contribution >= 0.6 is 0 Å². The standard InChI is InChI=1S/C24H34N4O2/c1-18(2)21-9-8-19(3)15-22(21)30-17-24(29)26-20(4)16-27-11-13-28(14-12-27)23-7-5-6-10-25-23/h5-10,15,18,20H,11-14,16-17H2,1-4H3,(H,26,29). The van der Waals surface area contributed by atoms with E-state index in [-0.39, 0.29) is 18.6 Å². The van der Waals surface area contributed by atoms with Gasteiger partial charge in [0, 0.05) is 45.0 Å². The Kier molecular flexibility index (Phi) is 7.69. The van der Waals surface area contributed by atoms with Gasteiger partial charge in [-0.3, -0.25) is 9.69 Å². The van der Waals surface area contributed by atoms with Crippen LogP contribution in [0.2, 0.25) is 0 Å². The number of aromatic nitrogens is 1. The van der Waals surface area contributed by atoms with Crippen LogP contribution in [0.5, 0.6) is 5.75 Å². The smallest absolute Gasteiger partial charge is 0.258 e. The number of benzene rings is 1. The van der Waals surface area contributed by atoms with Crippen molar-refractivity contribution in [2.75, 3.05) is 44.2 Å². The molecule has 1 aromatic heterocycles. The fraction of sp³-hybridized carbons (Fsp3) is 0.500. The molecule has 1 unspecified atom stereocenters. The summed E-state index contributed by atoms with van der Waals surface area (Å²) in [5, 5.41) is 3.07. The Labute approximate surface area is 180 Å². The second-order valence-corrected chi connectivity index (χ2v) is 8.43. The molecule has 1 amide bonds. The average Bonchev–Trinajstić information content (AvgIpc) is 2.73. The van der Waals surface area contributed by atoms with Gasteiger partial charge in [0.1, 0.15) is 11.6 Å². The van der Waals surface area contributed by atoms with Crippen molar-refractivity contribution >= 4 is 11.7 Å². The van der Waals surface area contributed by atoms with E-state index in [1.54, 1.807) is 0 Å². The van der Waals surface area contributed by atoms with Crippen LogP contribution in [-0.2, 0) is 4.79 Å². The average molecular weight is 411 g/mol. The molecule has 2 heterocycles. The Hall–Kier alpha value is -2.60. The molecule has 1 N–H and O–H groups in total. The van der Waals surface area contributed by atoms with Gasteiger partial charge >= 0.3 is 0 Å². The zero-order valence-corrected chi connectivity index (χ0v) is 18.6. The summed E-state index contributed by atoms with van der Waals surface area (Å²) in [6.45, 7) is 13.1. The number of nitrogens with one attached hydrogen (secondary N) is 1. The Bertz CT molecular complexity index is 817. The molecule has 1 aliphatic rings. The van der Waals surface area contributed by atoms with Crippen LogP contribution in [0.4, 0.5) is 5.82 Å². The van der Waals surface area contributed by atoms with Crippen LogP contribution in [0, 0.1) is 6.92 Å². The minimum Gasteiger partial charge on any atom is -0.483 e. The molecule has 162 valence electrons. The van der Waals surface area contributed by atoms with E-state index in [9.17, 15) is 4.79 Å². The summed E-state index contributed by atoms with van der Waals surface area (Å²) < 4.78 is 5.86. The highest BCUT2D eigenvalue weighted by atomic mass is 16.5. The number of ether oxygens (including phenoxy) is 1. The van der Waals surface area contributed by atoms with Gasteiger partial charge in [-0.05, 0) is 49.1 Å². The first-order chi connectivity index (χ1) is 14.4. The largest absolute Gasteiger partial charge is 0.483 e. The third kappa shape index (κ3) is 6.20. The second kappa shape index (κ2) is 10.4. The van der Waals surface area contributed by atoms with E-state index in [1.165, 1.54) is 0 Å². The number of anilines is 1. The monoisotopic (exact) mass is 410 g/mol. The topological polar surface area (TPSA) is 57.7 Å². The number of piperazine rings is 1. The van der Waals surface area contributed by atoms with Crippen molar-refractivity contribution in [3.63, 3.8) is 0 Å². The maximum Gasteiger partial charge on any atom is 0.258 e. The summed E-state index contributed by atoms with van der Waals surface area (Å²) in [6.07, 6.45) is 1.84. The number of aryl methyl sites for hydroxylation is 1. The lowest BCUT2D eigenvalue weighted by molar-refractivity contribution is -0.123. The first kappa shape index (κ1) is 22.1. The molecule has 0 radical (unpaired) electrons. The number of hydrogen-bond acceptors (Lipinski definition) is 5. The zero-order valence-electron chi connectivity index (χ0n) is 18.6. The summed E-state index contributed by atoms with van der Waals surface area (Å²) in [6, 6.07) is 12.3. The van der Waals surface area contributed by atoms with Crippen molar-refractivity contribution in [1.29, 1.82) is 0 Å². The van der Waals surface area contributed by atoms with Crippen molar-refractivity contribution in [1.82, 2.24) is 15.2 Å². The third-order valence-corrected chi connectivity index (χ3v) is 5.43. The van der Waals surface area contributed by atoms with Crippen molar-refractivity contribution in [2.45, 2.75) is 39.7 Å². The van der Waals surface area contributed by atoms with Gasteiger partial charge in [0.2, 0.25) is 0 Å². The summed E-state index contributed by atoms with van der Waals surface area (Å²) in [4.78, 5) is 21.5. The van der Waals surface area contributed by atoms with Gasteiger partial charge in [0.15, 0.2) is 6.61 Å². The van der Waals surface area contributed by atoms with Gasteiger partial charge in [-0.1, -0.05) is 32.0 Å².